The molecule has 1 N–H and O–H groups in total. The van der Waals surface area contributed by atoms with E-state index >= 15 is 0 Å². The lowest BCUT2D eigenvalue weighted by Crippen LogP contribution is -2.27. The van der Waals surface area contributed by atoms with Crippen molar-refractivity contribution in [3.63, 3.8) is 0 Å². The van der Waals surface area contributed by atoms with Crippen molar-refractivity contribution < 1.29 is 0 Å². The second-order valence-corrected chi connectivity index (χ2v) is 7.37. The van der Waals surface area contributed by atoms with Crippen molar-refractivity contribution in [2.24, 2.45) is 18.4 Å². The lowest BCUT2D eigenvalue weighted by Gasteiger charge is -2.23. The molecule has 1 fully saturated rings. The molecule has 1 aromatic rings. The van der Waals surface area contributed by atoms with Crippen LogP contribution in [0.25, 0.3) is 0 Å². The first-order valence-corrected chi connectivity index (χ1v) is 7.78. The summed E-state index contributed by atoms with van der Waals surface area (Å²) in [6.45, 7) is 15.6. The summed E-state index contributed by atoms with van der Waals surface area (Å²) < 4.78 is 2.06. The highest BCUT2D eigenvalue weighted by atomic mass is 15.4. The topological polar surface area (TPSA) is 33.1 Å². The molecule has 1 aromatic heterocycles. The predicted molar refractivity (Wildman–Crippen MR) is 85.1 cm³/mol. The summed E-state index contributed by atoms with van der Waals surface area (Å²) in [5, 5.41) is 8.20. The van der Waals surface area contributed by atoms with Crippen LogP contribution in [0.2, 0.25) is 0 Å². The maximum absolute atomic E-state index is 4.64. The normalized spacial score (nSPS) is 18.2. The minimum Gasteiger partial charge on any atom is -0.356 e. The minimum atomic E-state index is 0.417. The molecule has 0 radical (unpaired) electrons. The Morgan fingerprint density at radius 3 is 2.60 bits per heavy atom. The number of aromatic nitrogens is 2. The Labute approximate surface area is 123 Å². The second kappa shape index (κ2) is 5.76. The lowest BCUT2D eigenvalue weighted by molar-refractivity contribution is 0.418. The summed E-state index contributed by atoms with van der Waals surface area (Å²) in [6.07, 6.45) is 1.26. The number of anilines is 1. The molecule has 2 heterocycles. The summed E-state index contributed by atoms with van der Waals surface area (Å²) in [5.41, 5.74) is 2.94. The average molecular weight is 278 g/mol. The monoisotopic (exact) mass is 278 g/mol. The van der Waals surface area contributed by atoms with Crippen molar-refractivity contribution >= 4 is 5.82 Å². The zero-order valence-electron chi connectivity index (χ0n) is 14.0. The molecule has 114 valence electrons. The van der Waals surface area contributed by atoms with Gasteiger partial charge in [-0.2, -0.15) is 5.10 Å². The molecule has 4 nitrogen and oxygen atoms in total. The van der Waals surface area contributed by atoms with E-state index in [0.717, 1.165) is 31.9 Å². The SMILES string of the molecule is Cc1nn(C)c(N2CCC(C)(C)C2)c1CNCC(C)C. The Hall–Kier alpha value is -1.03. The van der Waals surface area contributed by atoms with Gasteiger partial charge in [0.15, 0.2) is 0 Å². The average Bonchev–Trinajstić information content (AvgIpc) is 2.79. The van der Waals surface area contributed by atoms with Crippen molar-refractivity contribution in [2.75, 3.05) is 24.5 Å². The van der Waals surface area contributed by atoms with E-state index in [1.807, 2.05) is 0 Å². The third-order valence-electron chi connectivity index (χ3n) is 4.14. The molecule has 0 unspecified atom stereocenters. The van der Waals surface area contributed by atoms with E-state index in [1.54, 1.807) is 0 Å². The van der Waals surface area contributed by atoms with Gasteiger partial charge in [0.25, 0.3) is 0 Å². The molecule has 0 spiro atoms. The molecule has 2 rings (SSSR count). The van der Waals surface area contributed by atoms with Crippen LogP contribution in [0, 0.1) is 18.3 Å². The van der Waals surface area contributed by atoms with Crippen LogP contribution in [0.15, 0.2) is 0 Å². The standard InChI is InChI=1S/C16H30N4/c1-12(2)9-17-10-14-13(3)18-19(6)15(14)20-8-7-16(4,5)11-20/h12,17H,7-11H2,1-6H3. The van der Waals surface area contributed by atoms with Gasteiger partial charge in [-0.25, -0.2) is 0 Å². The van der Waals surface area contributed by atoms with Crippen molar-refractivity contribution in [3.8, 4) is 0 Å². The Morgan fingerprint density at radius 2 is 2.05 bits per heavy atom. The summed E-state index contributed by atoms with van der Waals surface area (Å²) >= 11 is 0. The number of hydrogen-bond donors (Lipinski definition) is 1. The highest BCUT2D eigenvalue weighted by Gasteiger charge is 2.32. The Balaban J connectivity index is 2.15. The molecule has 0 atom stereocenters. The van der Waals surface area contributed by atoms with Crippen LogP contribution in [0.1, 0.15) is 45.4 Å². The fraction of sp³-hybridized carbons (Fsp3) is 0.812. The van der Waals surface area contributed by atoms with E-state index in [4.69, 9.17) is 0 Å². The van der Waals surface area contributed by atoms with Crippen molar-refractivity contribution in [2.45, 2.75) is 47.6 Å². The number of hydrogen-bond acceptors (Lipinski definition) is 3. The number of aryl methyl sites for hydroxylation is 2. The summed E-state index contributed by atoms with van der Waals surface area (Å²) in [4.78, 5) is 2.51. The first kappa shape index (κ1) is 15.4. The lowest BCUT2D eigenvalue weighted by atomic mass is 9.93. The van der Waals surface area contributed by atoms with Crippen LogP contribution in [0.4, 0.5) is 5.82 Å². The molecule has 1 aliphatic rings. The van der Waals surface area contributed by atoms with Crippen LogP contribution in [-0.2, 0) is 13.6 Å². The van der Waals surface area contributed by atoms with Gasteiger partial charge in [0.05, 0.1) is 5.69 Å². The molecule has 0 amide bonds. The summed E-state index contributed by atoms with van der Waals surface area (Å²) in [7, 11) is 2.07. The van der Waals surface area contributed by atoms with Crippen LogP contribution in [0.5, 0.6) is 0 Å². The fourth-order valence-electron chi connectivity index (χ4n) is 3.07. The molecule has 1 aliphatic heterocycles. The smallest absolute Gasteiger partial charge is 0.131 e. The first-order valence-electron chi connectivity index (χ1n) is 7.78. The van der Waals surface area contributed by atoms with E-state index < -0.39 is 0 Å². The molecule has 1 saturated heterocycles. The molecule has 4 heteroatoms. The van der Waals surface area contributed by atoms with Crippen LogP contribution in [-0.4, -0.2) is 29.4 Å². The maximum atomic E-state index is 4.64. The molecular formula is C16H30N4. The van der Waals surface area contributed by atoms with Crippen LogP contribution in [0.3, 0.4) is 0 Å². The van der Waals surface area contributed by atoms with Gasteiger partial charge in [0.1, 0.15) is 5.82 Å². The van der Waals surface area contributed by atoms with Crippen molar-refractivity contribution in [1.82, 2.24) is 15.1 Å². The maximum Gasteiger partial charge on any atom is 0.131 e. The van der Waals surface area contributed by atoms with Crippen molar-refractivity contribution in [1.29, 1.82) is 0 Å². The van der Waals surface area contributed by atoms with Gasteiger partial charge in [-0.3, -0.25) is 4.68 Å². The Morgan fingerprint density at radius 1 is 1.35 bits per heavy atom. The molecule has 0 bridgehead atoms. The molecule has 0 saturated carbocycles. The second-order valence-electron chi connectivity index (χ2n) is 7.37. The van der Waals surface area contributed by atoms with Gasteiger partial charge in [-0.05, 0) is 31.2 Å². The fourth-order valence-corrected chi connectivity index (χ4v) is 3.07. The zero-order valence-corrected chi connectivity index (χ0v) is 14.0. The van der Waals surface area contributed by atoms with Gasteiger partial charge in [-0.15, -0.1) is 0 Å². The van der Waals surface area contributed by atoms with E-state index in [2.05, 4.69) is 61.7 Å². The molecule has 0 aliphatic carbocycles. The highest BCUT2D eigenvalue weighted by molar-refractivity contribution is 5.51. The third kappa shape index (κ3) is 3.35. The minimum absolute atomic E-state index is 0.417. The highest BCUT2D eigenvalue weighted by Crippen LogP contribution is 2.34. The van der Waals surface area contributed by atoms with Crippen LogP contribution >= 0.6 is 0 Å². The zero-order chi connectivity index (χ0) is 14.9. The van der Waals surface area contributed by atoms with Gasteiger partial charge in [-0.1, -0.05) is 27.7 Å². The number of nitrogens with zero attached hydrogens (tertiary/aromatic N) is 3. The van der Waals surface area contributed by atoms with Gasteiger partial charge >= 0.3 is 0 Å². The number of nitrogens with one attached hydrogen (secondary N) is 1. The molecular weight excluding hydrogens is 248 g/mol. The predicted octanol–water partition coefficient (Wildman–Crippen LogP) is 2.71. The Bertz CT molecular complexity index is 459. The van der Waals surface area contributed by atoms with E-state index in [1.165, 1.54) is 17.8 Å². The number of rotatable bonds is 5. The summed E-state index contributed by atoms with van der Waals surface area (Å²) in [6, 6.07) is 0. The van der Waals surface area contributed by atoms with E-state index in [9.17, 15) is 0 Å². The Kier molecular flexibility index (Phi) is 4.43. The molecule has 20 heavy (non-hydrogen) atoms. The molecule has 0 aromatic carbocycles. The first-order chi connectivity index (χ1) is 9.30. The largest absolute Gasteiger partial charge is 0.356 e. The quantitative estimate of drug-likeness (QED) is 0.899. The van der Waals surface area contributed by atoms with Gasteiger partial charge in [0.2, 0.25) is 0 Å². The third-order valence-corrected chi connectivity index (χ3v) is 4.14. The summed E-state index contributed by atoms with van der Waals surface area (Å²) in [5.74, 6) is 1.99. The van der Waals surface area contributed by atoms with Gasteiger partial charge in [0, 0.05) is 32.2 Å². The van der Waals surface area contributed by atoms with Crippen LogP contribution < -0.4 is 10.2 Å². The van der Waals surface area contributed by atoms with Crippen molar-refractivity contribution in [3.05, 3.63) is 11.3 Å². The van der Waals surface area contributed by atoms with Gasteiger partial charge < -0.3 is 10.2 Å². The van der Waals surface area contributed by atoms with E-state index in [0.29, 0.717) is 11.3 Å². The van der Waals surface area contributed by atoms with E-state index in [-0.39, 0.29) is 0 Å².